The van der Waals surface area contributed by atoms with Crippen LogP contribution in [0.5, 0.6) is 0 Å². The maximum absolute atomic E-state index is 9.31. The monoisotopic (exact) mass is 210 g/mol. The van der Waals surface area contributed by atoms with Crippen LogP contribution in [-0.2, 0) is 4.74 Å². The van der Waals surface area contributed by atoms with E-state index in [4.69, 9.17) is 4.74 Å². The molecule has 0 aromatic carbocycles. The summed E-state index contributed by atoms with van der Waals surface area (Å²) in [6, 6.07) is 0. The van der Waals surface area contributed by atoms with Gasteiger partial charge in [-0.15, -0.1) is 0 Å². The average Bonchev–Trinajstić information content (AvgIpc) is 2.74. The molecule has 0 radical (unpaired) electrons. The van der Waals surface area contributed by atoms with Crippen molar-refractivity contribution < 1.29 is 9.84 Å². The molecule has 4 atom stereocenters. The van der Waals surface area contributed by atoms with E-state index >= 15 is 0 Å². The standard InChI is InChI=1S/C13H22O2/c1-9(14)5-6-10-12(2,3)8-7-11-13(10,4)15-11/h5-6,9-11,14H,7-8H2,1-4H3/t9-,10-,11+,13-/m1/s1. The highest BCUT2D eigenvalue weighted by Crippen LogP contribution is 2.58. The van der Waals surface area contributed by atoms with Gasteiger partial charge in [0, 0.05) is 5.92 Å². The Morgan fingerprint density at radius 2 is 2.07 bits per heavy atom. The van der Waals surface area contributed by atoms with E-state index in [1.165, 1.54) is 12.8 Å². The van der Waals surface area contributed by atoms with Gasteiger partial charge in [-0.05, 0) is 32.1 Å². The minimum absolute atomic E-state index is 0.0349. The number of epoxide rings is 1. The van der Waals surface area contributed by atoms with E-state index in [0.717, 1.165) is 0 Å². The summed E-state index contributed by atoms with van der Waals surface area (Å²) < 4.78 is 5.81. The summed E-state index contributed by atoms with van der Waals surface area (Å²) in [5, 5.41) is 9.31. The van der Waals surface area contributed by atoms with E-state index in [0.29, 0.717) is 12.0 Å². The Labute approximate surface area is 92.3 Å². The minimum Gasteiger partial charge on any atom is -0.389 e. The highest BCUT2D eigenvalue weighted by atomic mass is 16.6. The van der Waals surface area contributed by atoms with Crippen LogP contribution in [0.2, 0.25) is 0 Å². The maximum atomic E-state index is 9.31. The number of fused-ring (bicyclic) bond motifs is 1. The molecule has 1 N–H and O–H groups in total. The summed E-state index contributed by atoms with van der Waals surface area (Å²) in [5.74, 6) is 0.429. The lowest BCUT2D eigenvalue weighted by Gasteiger charge is -2.38. The Morgan fingerprint density at radius 3 is 2.67 bits per heavy atom. The van der Waals surface area contributed by atoms with E-state index in [-0.39, 0.29) is 17.1 Å². The predicted molar refractivity (Wildman–Crippen MR) is 60.6 cm³/mol. The number of aliphatic hydroxyl groups excluding tert-OH is 1. The second kappa shape index (κ2) is 3.33. The van der Waals surface area contributed by atoms with Crippen molar-refractivity contribution in [2.45, 2.75) is 58.3 Å². The van der Waals surface area contributed by atoms with Crippen LogP contribution in [0.4, 0.5) is 0 Å². The molecule has 15 heavy (non-hydrogen) atoms. The Bertz CT molecular complexity index is 276. The predicted octanol–water partition coefficient (Wildman–Crippen LogP) is 2.52. The van der Waals surface area contributed by atoms with Gasteiger partial charge in [0.25, 0.3) is 0 Å². The van der Waals surface area contributed by atoms with Gasteiger partial charge in [0.1, 0.15) is 0 Å². The molecule has 0 aromatic heterocycles. The lowest BCUT2D eigenvalue weighted by molar-refractivity contribution is 0.134. The quantitative estimate of drug-likeness (QED) is 0.561. The van der Waals surface area contributed by atoms with Crippen molar-refractivity contribution in [3.8, 4) is 0 Å². The fourth-order valence-corrected chi connectivity index (χ4v) is 3.05. The van der Waals surface area contributed by atoms with Crippen molar-refractivity contribution in [3.05, 3.63) is 12.2 Å². The molecule has 1 heterocycles. The highest BCUT2D eigenvalue weighted by molar-refractivity contribution is 5.18. The largest absolute Gasteiger partial charge is 0.389 e. The molecule has 0 amide bonds. The number of ether oxygens (including phenoxy) is 1. The number of rotatable bonds is 2. The van der Waals surface area contributed by atoms with Crippen molar-refractivity contribution in [2.75, 3.05) is 0 Å². The van der Waals surface area contributed by atoms with Crippen LogP contribution in [0.25, 0.3) is 0 Å². The molecular weight excluding hydrogens is 188 g/mol. The molecule has 2 rings (SSSR count). The smallest absolute Gasteiger partial charge is 0.0987 e. The molecule has 2 fully saturated rings. The molecule has 86 valence electrons. The van der Waals surface area contributed by atoms with Crippen LogP contribution in [-0.4, -0.2) is 22.9 Å². The van der Waals surface area contributed by atoms with Gasteiger partial charge in [0.15, 0.2) is 0 Å². The van der Waals surface area contributed by atoms with Crippen molar-refractivity contribution in [1.29, 1.82) is 0 Å². The van der Waals surface area contributed by atoms with Gasteiger partial charge in [-0.25, -0.2) is 0 Å². The van der Waals surface area contributed by atoms with E-state index in [1.54, 1.807) is 6.92 Å². The van der Waals surface area contributed by atoms with Crippen molar-refractivity contribution in [1.82, 2.24) is 0 Å². The zero-order chi connectivity index (χ0) is 11.3. The lowest BCUT2D eigenvalue weighted by Crippen LogP contribution is -2.39. The molecule has 1 saturated carbocycles. The average molecular weight is 210 g/mol. The Balaban J connectivity index is 2.17. The summed E-state index contributed by atoms with van der Waals surface area (Å²) in [6.45, 7) is 8.59. The third-order valence-electron chi connectivity index (χ3n) is 4.07. The van der Waals surface area contributed by atoms with Gasteiger partial charge in [-0.1, -0.05) is 26.0 Å². The molecule has 0 bridgehead atoms. The first-order valence-corrected chi connectivity index (χ1v) is 5.90. The number of hydrogen-bond donors (Lipinski definition) is 1. The van der Waals surface area contributed by atoms with Crippen LogP contribution < -0.4 is 0 Å². The van der Waals surface area contributed by atoms with Crippen LogP contribution >= 0.6 is 0 Å². The summed E-state index contributed by atoms with van der Waals surface area (Å²) in [6.07, 6.45) is 6.54. The molecule has 2 heteroatoms. The second-order valence-electron chi connectivity index (χ2n) is 5.92. The topological polar surface area (TPSA) is 32.8 Å². The fourth-order valence-electron chi connectivity index (χ4n) is 3.05. The Morgan fingerprint density at radius 1 is 1.40 bits per heavy atom. The SMILES string of the molecule is C[C@@H](O)C=C[C@@H]1C(C)(C)CC[C@@H]2O[C@@]21C. The summed E-state index contributed by atoms with van der Waals surface area (Å²) in [4.78, 5) is 0. The van der Waals surface area contributed by atoms with Gasteiger partial charge in [-0.3, -0.25) is 0 Å². The second-order valence-corrected chi connectivity index (χ2v) is 5.92. The fraction of sp³-hybridized carbons (Fsp3) is 0.846. The molecule has 0 spiro atoms. The first-order chi connectivity index (χ1) is 6.86. The zero-order valence-electron chi connectivity index (χ0n) is 10.2. The van der Waals surface area contributed by atoms with Gasteiger partial charge in [0.2, 0.25) is 0 Å². The summed E-state index contributed by atoms with van der Waals surface area (Å²) >= 11 is 0. The van der Waals surface area contributed by atoms with Crippen molar-refractivity contribution in [2.24, 2.45) is 11.3 Å². The summed E-state index contributed by atoms with van der Waals surface area (Å²) in [7, 11) is 0. The molecule has 0 unspecified atom stereocenters. The van der Waals surface area contributed by atoms with E-state index in [1.807, 2.05) is 6.08 Å². The van der Waals surface area contributed by atoms with Crippen LogP contribution in [0, 0.1) is 11.3 Å². The summed E-state index contributed by atoms with van der Waals surface area (Å²) in [5.41, 5.74) is 0.320. The molecule has 0 aromatic rings. The molecule has 1 aliphatic heterocycles. The van der Waals surface area contributed by atoms with E-state index in [9.17, 15) is 5.11 Å². The van der Waals surface area contributed by atoms with E-state index < -0.39 is 0 Å². The Kier molecular flexibility index (Phi) is 2.47. The first-order valence-electron chi connectivity index (χ1n) is 5.90. The molecule has 2 nitrogen and oxygen atoms in total. The number of hydrogen-bond acceptors (Lipinski definition) is 2. The van der Waals surface area contributed by atoms with Crippen LogP contribution in [0.1, 0.15) is 40.5 Å². The Hall–Kier alpha value is -0.340. The molecular formula is C13H22O2. The first kappa shape index (κ1) is 11.2. The third kappa shape index (κ3) is 1.85. The van der Waals surface area contributed by atoms with Crippen molar-refractivity contribution in [3.63, 3.8) is 0 Å². The zero-order valence-corrected chi connectivity index (χ0v) is 10.2. The van der Waals surface area contributed by atoms with Crippen LogP contribution in [0.15, 0.2) is 12.2 Å². The van der Waals surface area contributed by atoms with Gasteiger partial charge < -0.3 is 9.84 Å². The minimum atomic E-state index is -0.358. The molecule has 1 saturated heterocycles. The van der Waals surface area contributed by atoms with Gasteiger partial charge in [-0.2, -0.15) is 0 Å². The highest BCUT2D eigenvalue weighted by Gasteiger charge is 2.63. The van der Waals surface area contributed by atoms with Gasteiger partial charge in [0.05, 0.1) is 17.8 Å². The van der Waals surface area contributed by atoms with Gasteiger partial charge >= 0.3 is 0 Å². The lowest BCUT2D eigenvalue weighted by atomic mass is 9.64. The number of aliphatic hydroxyl groups is 1. The van der Waals surface area contributed by atoms with Crippen molar-refractivity contribution >= 4 is 0 Å². The third-order valence-corrected chi connectivity index (χ3v) is 4.07. The van der Waals surface area contributed by atoms with Crippen LogP contribution in [0.3, 0.4) is 0 Å². The molecule has 1 aliphatic carbocycles. The van der Waals surface area contributed by atoms with E-state index in [2.05, 4.69) is 26.8 Å². The normalized spacial score (nSPS) is 45.1. The molecule has 2 aliphatic rings. The maximum Gasteiger partial charge on any atom is 0.0987 e.